The smallest absolute Gasteiger partial charge is 0.0584 e. The summed E-state index contributed by atoms with van der Waals surface area (Å²) in [7, 11) is 0. The second-order valence-corrected chi connectivity index (χ2v) is 6.00. The average Bonchev–Trinajstić information content (AvgIpc) is 2.45. The van der Waals surface area contributed by atoms with E-state index >= 15 is 0 Å². The van der Waals surface area contributed by atoms with Gasteiger partial charge >= 0.3 is 0 Å². The van der Waals surface area contributed by atoms with Gasteiger partial charge in [-0.25, -0.2) is 0 Å². The summed E-state index contributed by atoms with van der Waals surface area (Å²) in [6.45, 7) is 0. The molecule has 0 amide bonds. The van der Waals surface area contributed by atoms with Crippen LogP contribution in [0.15, 0.2) is 48.5 Å². The van der Waals surface area contributed by atoms with E-state index in [1.54, 1.807) is 0 Å². The normalized spacial score (nSPS) is 24.6. The van der Waals surface area contributed by atoms with Gasteiger partial charge in [0.1, 0.15) is 0 Å². The van der Waals surface area contributed by atoms with Crippen molar-refractivity contribution in [1.29, 1.82) is 0 Å². The maximum absolute atomic E-state index is 9.50. The summed E-state index contributed by atoms with van der Waals surface area (Å²) < 4.78 is 0. The first kappa shape index (κ1) is 12.1. The molecular formula is C18H19NO. The average molecular weight is 265 g/mol. The first-order valence-electron chi connectivity index (χ1n) is 7.41. The van der Waals surface area contributed by atoms with E-state index in [0.29, 0.717) is 6.04 Å². The van der Waals surface area contributed by atoms with Gasteiger partial charge in [-0.3, -0.25) is 0 Å². The molecule has 20 heavy (non-hydrogen) atoms. The number of aliphatic hydroxyl groups excluding tert-OH is 1. The minimum atomic E-state index is -0.110. The van der Waals surface area contributed by atoms with Gasteiger partial charge in [-0.1, -0.05) is 48.5 Å². The predicted octanol–water partition coefficient (Wildman–Crippen LogP) is 2.79. The van der Waals surface area contributed by atoms with E-state index in [2.05, 4.69) is 53.8 Å². The third kappa shape index (κ3) is 1.96. The summed E-state index contributed by atoms with van der Waals surface area (Å²) in [5.41, 5.74) is 5.63. The number of rotatable bonds is 2. The van der Waals surface area contributed by atoms with Crippen LogP contribution >= 0.6 is 0 Å². The van der Waals surface area contributed by atoms with Crippen LogP contribution in [-0.2, 0) is 6.42 Å². The van der Waals surface area contributed by atoms with Crippen LogP contribution in [0.1, 0.15) is 41.1 Å². The summed E-state index contributed by atoms with van der Waals surface area (Å²) in [5, 5.41) is 13.2. The van der Waals surface area contributed by atoms with Crippen LogP contribution in [0.4, 0.5) is 0 Å². The lowest BCUT2D eigenvalue weighted by molar-refractivity contribution is 0.0594. The number of aliphatic hydroxyl groups is 1. The molecule has 4 rings (SSSR count). The maximum atomic E-state index is 9.50. The van der Waals surface area contributed by atoms with Gasteiger partial charge in [-0.2, -0.15) is 0 Å². The quantitative estimate of drug-likeness (QED) is 0.875. The molecule has 0 heterocycles. The molecule has 2 nitrogen and oxygen atoms in total. The molecule has 0 unspecified atom stereocenters. The summed E-state index contributed by atoms with van der Waals surface area (Å²) >= 11 is 0. The number of nitrogens with one attached hydrogen (secondary N) is 1. The van der Waals surface area contributed by atoms with Crippen molar-refractivity contribution >= 4 is 0 Å². The molecule has 2 aromatic carbocycles. The maximum Gasteiger partial charge on any atom is 0.0584 e. The Morgan fingerprint density at radius 3 is 1.95 bits per heavy atom. The van der Waals surface area contributed by atoms with Gasteiger partial charge in [0.2, 0.25) is 0 Å². The molecule has 0 radical (unpaired) electrons. The molecule has 0 atom stereocenters. The van der Waals surface area contributed by atoms with Crippen LogP contribution in [-0.4, -0.2) is 17.3 Å². The standard InChI is InChI=1S/C18H19NO/c20-15-10-14(11-15)19-18-16-7-3-1-5-12(16)9-13-6-2-4-8-17(13)18/h1-8,14-15,18-20H,9-11H2. The fraction of sp³-hybridized carbons (Fsp3) is 0.333. The highest BCUT2D eigenvalue weighted by molar-refractivity contribution is 5.48. The molecule has 2 aliphatic rings. The minimum Gasteiger partial charge on any atom is -0.393 e. The van der Waals surface area contributed by atoms with E-state index in [4.69, 9.17) is 0 Å². The Hall–Kier alpha value is -1.64. The van der Waals surface area contributed by atoms with Crippen molar-refractivity contribution in [2.75, 3.05) is 0 Å². The number of hydrogen-bond acceptors (Lipinski definition) is 2. The van der Waals surface area contributed by atoms with E-state index in [9.17, 15) is 5.11 Å². The van der Waals surface area contributed by atoms with Gasteiger partial charge in [0, 0.05) is 6.04 Å². The number of hydrogen-bond donors (Lipinski definition) is 2. The van der Waals surface area contributed by atoms with Crippen LogP contribution in [0.2, 0.25) is 0 Å². The van der Waals surface area contributed by atoms with E-state index in [1.165, 1.54) is 22.3 Å². The van der Waals surface area contributed by atoms with Crippen molar-refractivity contribution in [3.8, 4) is 0 Å². The van der Waals surface area contributed by atoms with Crippen molar-refractivity contribution in [1.82, 2.24) is 5.32 Å². The molecule has 2 aromatic rings. The molecule has 0 bridgehead atoms. The molecule has 0 spiro atoms. The van der Waals surface area contributed by atoms with E-state index in [1.807, 2.05) is 0 Å². The van der Waals surface area contributed by atoms with Gasteiger partial charge in [0.25, 0.3) is 0 Å². The molecule has 0 aliphatic heterocycles. The van der Waals surface area contributed by atoms with Crippen LogP contribution in [0.5, 0.6) is 0 Å². The van der Waals surface area contributed by atoms with E-state index in [0.717, 1.165) is 19.3 Å². The van der Waals surface area contributed by atoms with E-state index < -0.39 is 0 Å². The van der Waals surface area contributed by atoms with Crippen molar-refractivity contribution in [3.05, 3.63) is 70.8 Å². The fourth-order valence-electron chi connectivity index (χ4n) is 3.47. The highest BCUT2D eigenvalue weighted by atomic mass is 16.3. The third-order valence-corrected chi connectivity index (χ3v) is 4.63. The largest absolute Gasteiger partial charge is 0.393 e. The highest BCUT2D eigenvalue weighted by Crippen LogP contribution is 2.36. The van der Waals surface area contributed by atoms with Gasteiger partial charge in [-0.05, 0) is 41.5 Å². The Balaban J connectivity index is 1.72. The topological polar surface area (TPSA) is 32.3 Å². The first-order valence-corrected chi connectivity index (χ1v) is 7.41. The molecular weight excluding hydrogens is 246 g/mol. The highest BCUT2D eigenvalue weighted by Gasteiger charge is 2.32. The Morgan fingerprint density at radius 1 is 0.850 bits per heavy atom. The Labute approximate surface area is 119 Å². The molecule has 0 aromatic heterocycles. The lowest BCUT2D eigenvalue weighted by Gasteiger charge is -2.38. The van der Waals surface area contributed by atoms with Crippen LogP contribution in [0.25, 0.3) is 0 Å². The fourth-order valence-corrected chi connectivity index (χ4v) is 3.47. The molecule has 0 saturated heterocycles. The van der Waals surface area contributed by atoms with Gasteiger partial charge in [-0.15, -0.1) is 0 Å². The van der Waals surface area contributed by atoms with Crippen LogP contribution in [0, 0.1) is 0 Å². The number of benzene rings is 2. The summed E-state index contributed by atoms with van der Waals surface area (Å²) in [6, 6.07) is 18.1. The first-order chi connectivity index (χ1) is 9.81. The lowest BCUT2D eigenvalue weighted by atomic mass is 9.80. The van der Waals surface area contributed by atoms with Crippen molar-refractivity contribution in [2.45, 2.75) is 37.5 Å². The Kier molecular flexibility index (Phi) is 2.86. The second kappa shape index (κ2) is 4.72. The molecule has 1 fully saturated rings. The summed E-state index contributed by atoms with van der Waals surface area (Å²) in [4.78, 5) is 0. The Bertz CT molecular complexity index is 585. The van der Waals surface area contributed by atoms with Crippen LogP contribution < -0.4 is 5.32 Å². The summed E-state index contributed by atoms with van der Waals surface area (Å²) in [6.07, 6.45) is 2.67. The van der Waals surface area contributed by atoms with Gasteiger partial charge in [0.05, 0.1) is 12.1 Å². The minimum absolute atomic E-state index is 0.110. The molecule has 2 heteroatoms. The Morgan fingerprint density at radius 2 is 1.40 bits per heavy atom. The molecule has 102 valence electrons. The molecule has 1 saturated carbocycles. The molecule has 2 N–H and O–H groups in total. The molecule has 2 aliphatic carbocycles. The van der Waals surface area contributed by atoms with Crippen molar-refractivity contribution in [2.24, 2.45) is 0 Å². The second-order valence-electron chi connectivity index (χ2n) is 6.00. The van der Waals surface area contributed by atoms with Crippen molar-refractivity contribution < 1.29 is 5.11 Å². The van der Waals surface area contributed by atoms with E-state index in [-0.39, 0.29) is 12.1 Å². The number of fused-ring (bicyclic) bond motifs is 2. The summed E-state index contributed by atoms with van der Waals surface area (Å²) in [5.74, 6) is 0. The zero-order valence-corrected chi connectivity index (χ0v) is 11.4. The SMILES string of the molecule is OC1CC(NC2c3ccccc3Cc3ccccc32)C1. The van der Waals surface area contributed by atoms with Gasteiger partial charge < -0.3 is 10.4 Å². The van der Waals surface area contributed by atoms with Crippen LogP contribution in [0.3, 0.4) is 0 Å². The monoisotopic (exact) mass is 265 g/mol. The van der Waals surface area contributed by atoms with Gasteiger partial charge in [0.15, 0.2) is 0 Å². The zero-order chi connectivity index (χ0) is 13.5. The third-order valence-electron chi connectivity index (χ3n) is 4.63. The predicted molar refractivity (Wildman–Crippen MR) is 79.7 cm³/mol. The zero-order valence-electron chi connectivity index (χ0n) is 11.4. The lowest BCUT2D eigenvalue weighted by Crippen LogP contribution is -2.46. The van der Waals surface area contributed by atoms with Crippen molar-refractivity contribution in [3.63, 3.8) is 0 Å².